The predicted octanol–water partition coefficient (Wildman–Crippen LogP) is 0.361. The number of amides is 3. The van der Waals surface area contributed by atoms with E-state index in [0.717, 1.165) is 6.42 Å². The Morgan fingerprint density at radius 3 is 2.21 bits per heavy atom. The van der Waals surface area contributed by atoms with Gasteiger partial charge in [-0.1, -0.05) is 13.8 Å². The number of carboxylic acids is 1. The number of hydrogen-bond donors (Lipinski definition) is 2. The Labute approximate surface area is 113 Å². The van der Waals surface area contributed by atoms with Crippen LogP contribution in [0.2, 0.25) is 0 Å². The molecule has 0 radical (unpaired) electrons. The van der Waals surface area contributed by atoms with Crippen LogP contribution in [0.15, 0.2) is 0 Å². The zero-order valence-electron chi connectivity index (χ0n) is 11.8. The summed E-state index contributed by atoms with van der Waals surface area (Å²) in [7, 11) is 1.48. The second-order valence-corrected chi connectivity index (χ2v) is 4.30. The molecule has 0 heterocycles. The Morgan fingerprint density at radius 1 is 1.11 bits per heavy atom. The summed E-state index contributed by atoms with van der Waals surface area (Å²) in [6, 6.07) is -0.448. The summed E-state index contributed by atoms with van der Waals surface area (Å²) in [5.74, 6) is -1.31. The van der Waals surface area contributed by atoms with Crippen LogP contribution in [-0.2, 0) is 9.59 Å². The second kappa shape index (κ2) is 9.18. The Balaban J connectivity index is 4.40. The van der Waals surface area contributed by atoms with Crippen molar-refractivity contribution < 1.29 is 19.5 Å². The topological polar surface area (TPSA) is 90.0 Å². The molecule has 110 valence electrons. The monoisotopic (exact) mass is 273 g/mol. The van der Waals surface area contributed by atoms with Gasteiger partial charge in [-0.25, -0.2) is 4.79 Å². The molecule has 0 aliphatic rings. The zero-order chi connectivity index (χ0) is 14.8. The molecular weight excluding hydrogens is 250 g/mol. The third kappa shape index (κ3) is 7.28. The van der Waals surface area contributed by atoms with Crippen LogP contribution in [0, 0.1) is 0 Å². The van der Waals surface area contributed by atoms with Crippen LogP contribution >= 0.6 is 0 Å². The summed E-state index contributed by atoms with van der Waals surface area (Å²) in [4.78, 5) is 36.6. The lowest BCUT2D eigenvalue weighted by Gasteiger charge is -2.26. The molecular formula is C12H23N3O4. The van der Waals surface area contributed by atoms with E-state index in [0.29, 0.717) is 19.5 Å². The fourth-order valence-electron chi connectivity index (χ4n) is 1.52. The molecule has 0 aliphatic carbocycles. The van der Waals surface area contributed by atoms with Crippen LogP contribution in [0.4, 0.5) is 4.79 Å². The minimum Gasteiger partial charge on any atom is -0.480 e. The largest absolute Gasteiger partial charge is 0.480 e. The molecule has 0 saturated carbocycles. The van der Waals surface area contributed by atoms with E-state index in [1.165, 1.54) is 16.8 Å². The molecule has 7 heteroatoms. The lowest BCUT2D eigenvalue weighted by molar-refractivity contribution is -0.137. The zero-order valence-corrected chi connectivity index (χ0v) is 11.8. The molecule has 0 aromatic carbocycles. The highest BCUT2D eigenvalue weighted by atomic mass is 16.4. The van der Waals surface area contributed by atoms with Gasteiger partial charge in [0, 0.05) is 20.1 Å². The Hall–Kier alpha value is -1.79. The molecule has 3 amide bonds. The van der Waals surface area contributed by atoms with Crippen molar-refractivity contribution in [1.82, 2.24) is 15.1 Å². The molecule has 0 unspecified atom stereocenters. The third-order valence-electron chi connectivity index (χ3n) is 2.37. The maximum absolute atomic E-state index is 12.0. The summed E-state index contributed by atoms with van der Waals surface area (Å²) in [5.41, 5.74) is 0. The standard InChI is InChI=1S/C12H23N3O4/c1-4-6-13-10(16)8-14(3)12(19)15(7-5-2)9-11(17)18/h4-9H2,1-3H3,(H,13,16)(H,17,18). The molecule has 0 atom stereocenters. The maximum atomic E-state index is 12.0. The van der Waals surface area contributed by atoms with Crippen molar-refractivity contribution in [2.24, 2.45) is 0 Å². The van der Waals surface area contributed by atoms with Crippen molar-refractivity contribution in [3.05, 3.63) is 0 Å². The summed E-state index contributed by atoms with van der Waals surface area (Å²) in [6.45, 7) is 4.29. The fraction of sp³-hybridized carbons (Fsp3) is 0.750. The van der Waals surface area contributed by atoms with E-state index in [2.05, 4.69) is 5.32 Å². The van der Waals surface area contributed by atoms with Crippen molar-refractivity contribution in [3.8, 4) is 0 Å². The number of nitrogens with zero attached hydrogens (tertiary/aromatic N) is 2. The lowest BCUT2D eigenvalue weighted by Crippen LogP contribution is -2.47. The van der Waals surface area contributed by atoms with Gasteiger partial charge in [0.15, 0.2) is 0 Å². The summed E-state index contributed by atoms with van der Waals surface area (Å²) >= 11 is 0. The molecule has 0 aliphatic heterocycles. The minimum atomic E-state index is -1.06. The molecule has 0 aromatic heterocycles. The number of carboxylic acid groups (broad SMARTS) is 1. The van der Waals surface area contributed by atoms with E-state index in [-0.39, 0.29) is 19.0 Å². The van der Waals surface area contributed by atoms with Gasteiger partial charge in [-0.15, -0.1) is 0 Å². The molecule has 0 saturated heterocycles. The van der Waals surface area contributed by atoms with Gasteiger partial charge >= 0.3 is 12.0 Å². The molecule has 0 bridgehead atoms. The van der Waals surface area contributed by atoms with E-state index in [9.17, 15) is 14.4 Å². The maximum Gasteiger partial charge on any atom is 0.323 e. The highest BCUT2D eigenvalue weighted by molar-refractivity contribution is 5.85. The predicted molar refractivity (Wildman–Crippen MR) is 70.8 cm³/mol. The van der Waals surface area contributed by atoms with Crippen LogP contribution in [0.25, 0.3) is 0 Å². The van der Waals surface area contributed by atoms with E-state index in [4.69, 9.17) is 5.11 Å². The first-order valence-electron chi connectivity index (χ1n) is 6.40. The Bertz CT molecular complexity index is 320. The van der Waals surface area contributed by atoms with E-state index in [1.54, 1.807) is 0 Å². The minimum absolute atomic E-state index is 0.0708. The number of carbonyl (C=O) groups excluding carboxylic acids is 2. The van der Waals surface area contributed by atoms with Gasteiger partial charge in [-0.2, -0.15) is 0 Å². The Kier molecular flexibility index (Phi) is 8.32. The van der Waals surface area contributed by atoms with Crippen LogP contribution in [0.3, 0.4) is 0 Å². The summed E-state index contributed by atoms with van der Waals surface area (Å²) < 4.78 is 0. The third-order valence-corrected chi connectivity index (χ3v) is 2.37. The second-order valence-electron chi connectivity index (χ2n) is 4.30. The van der Waals surface area contributed by atoms with E-state index < -0.39 is 12.0 Å². The van der Waals surface area contributed by atoms with E-state index >= 15 is 0 Å². The average molecular weight is 273 g/mol. The normalized spacial score (nSPS) is 9.84. The Morgan fingerprint density at radius 2 is 1.74 bits per heavy atom. The smallest absolute Gasteiger partial charge is 0.323 e. The molecule has 0 spiro atoms. The highest BCUT2D eigenvalue weighted by Gasteiger charge is 2.21. The van der Waals surface area contributed by atoms with Gasteiger partial charge in [0.1, 0.15) is 13.1 Å². The molecule has 0 aromatic rings. The number of nitrogens with one attached hydrogen (secondary N) is 1. The van der Waals surface area contributed by atoms with Gasteiger partial charge < -0.3 is 20.2 Å². The van der Waals surface area contributed by atoms with Gasteiger partial charge in [0.25, 0.3) is 0 Å². The van der Waals surface area contributed by atoms with Gasteiger partial charge in [-0.3, -0.25) is 9.59 Å². The van der Waals surface area contributed by atoms with Crippen LogP contribution < -0.4 is 5.32 Å². The van der Waals surface area contributed by atoms with Crippen LogP contribution in [0.1, 0.15) is 26.7 Å². The first-order chi connectivity index (χ1) is 8.92. The lowest BCUT2D eigenvalue weighted by atomic mass is 10.4. The van der Waals surface area contributed by atoms with E-state index in [1.807, 2.05) is 13.8 Å². The van der Waals surface area contributed by atoms with Gasteiger partial charge in [0.2, 0.25) is 5.91 Å². The number of likely N-dealkylation sites (N-methyl/N-ethyl adjacent to an activating group) is 1. The van der Waals surface area contributed by atoms with Crippen molar-refractivity contribution in [3.63, 3.8) is 0 Å². The molecule has 2 N–H and O–H groups in total. The van der Waals surface area contributed by atoms with Crippen molar-refractivity contribution >= 4 is 17.9 Å². The molecule has 7 nitrogen and oxygen atoms in total. The number of carbonyl (C=O) groups is 3. The fourth-order valence-corrected chi connectivity index (χ4v) is 1.52. The highest BCUT2D eigenvalue weighted by Crippen LogP contribution is 1.99. The quantitative estimate of drug-likeness (QED) is 0.668. The number of hydrogen-bond acceptors (Lipinski definition) is 3. The van der Waals surface area contributed by atoms with Crippen LogP contribution in [0.5, 0.6) is 0 Å². The molecule has 0 rings (SSSR count). The SMILES string of the molecule is CCCNC(=O)CN(C)C(=O)N(CCC)CC(=O)O. The van der Waals surface area contributed by atoms with Crippen molar-refractivity contribution in [2.75, 3.05) is 33.2 Å². The van der Waals surface area contributed by atoms with Crippen molar-refractivity contribution in [2.45, 2.75) is 26.7 Å². The van der Waals surface area contributed by atoms with Gasteiger partial charge in [0.05, 0.1) is 0 Å². The molecule has 0 fully saturated rings. The first-order valence-corrected chi connectivity index (χ1v) is 6.40. The average Bonchev–Trinajstić information content (AvgIpc) is 2.34. The van der Waals surface area contributed by atoms with Crippen molar-refractivity contribution in [1.29, 1.82) is 0 Å². The summed E-state index contributed by atoms with van der Waals surface area (Å²) in [5, 5.41) is 11.4. The first kappa shape index (κ1) is 17.2. The van der Waals surface area contributed by atoms with Crippen LogP contribution in [-0.4, -0.2) is 66.0 Å². The molecule has 19 heavy (non-hydrogen) atoms. The number of urea groups is 1. The summed E-state index contributed by atoms with van der Waals surface area (Å²) in [6.07, 6.45) is 1.49. The van der Waals surface area contributed by atoms with Gasteiger partial charge in [-0.05, 0) is 12.8 Å². The number of aliphatic carboxylic acids is 1. The number of rotatable bonds is 8.